The number of guanidine groups is 1. The maximum Gasteiger partial charge on any atom is 0.218 e. The highest BCUT2D eigenvalue weighted by molar-refractivity contribution is 14.0. The first kappa shape index (κ1) is 21.7. The van der Waals surface area contributed by atoms with Crippen LogP contribution in [0.25, 0.3) is 0 Å². The minimum Gasteiger partial charge on any atom is -0.478 e. The van der Waals surface area contributed by atoms with E-state index in [2.05, 4.69) is 46.7 Å². The van der Waals surface area contributed by atoms with E-state index in [0.717, 1.165) is 31.0 Å². The van der Waals surface area contributed by atoms with Crippen LogP contribution in [0.4, 0.5) is 0 Å². The number of likely N-dealkylation sites (N-methyl/N-ethyl adjacent to an activating group) is 1. The van der Waals surface area contributed by atoms with Crippen LogP contribution in [0.1, 0.15) is 24.3 Å². The van der Waals surface area contributed by atoms with Gasteiger partial charge in [-0.2, -0.15) is 0 Å². The van der Waals surface area contributed by atoms with Gasteiger partial charge in [0.1, 0.15) is 0 Å². The molecular weight excluding hydrogens is 447 g/mol. The lowest BCUT2D eigenvalue weighted by atomic mass is 10.3. The van der Waals surface area contributed by atoms with Crippen LogP contribution in [-0.2, 0) is 13.0 Å². The fourth-order valence-electron chi connectivity index (χ4n) is 2.28. The van der Waals surface area contributed by atoms with Crippen molar-refractivity contribution < 1.29 is 4.74 Å². The van der Waals surface area contributed by atoms with Gasteiger partial charge < -0.3 is 15.0 Å². The second kappa shape index (κ2) is 12.1. The number of ether oxygens (including phenoxy) is 1. The van der Waals surface area contributed by atoms with E-state index in [1.807, 2.05) is 19.1 Å². The molecular formula is C18H27IN4OS. The molecule has 0 unspecified atom stereocenters. The zero-order valence-corrected chi connectivity index (χ0v) is 18.2. The molecule has 138 valence electrons. The Hall–Kier alpha value is -1.35. The van der Waals surface area contributed by atoms with Crippen LogP contribution in [0.2, 0.25) is 0 Å². The number of pyridine rings is 1. The Labute approximate surface area is 171 Å². The van der Waals surface area contributed by atoms with Crippen molar-refractivity contribution in [2.24, 2.45) is 4.99 Å². The molecule has 0 fully saturated rings. The third kappa shape index (κ3) is 7.19. The van der Waals surface area contributed by atoms with Crippen LogP contribution in [0.5, 0.6) is 5.88 Å². The highest BCUT2D eigenvalue weighted by Crippen LogP contribution is 2.15. The molecule has 2 rings (SSSR count). The molecule has 25 heavy (non-hydrogen) atoms. The lowest BCUT2D eigenvalue weighted by molar-refractivity contribution is 0.323. The van der Waals surface area contributed by atoms with Crippen LogP contribution >= 0.6 is 35.3 Å². The van der Waals surface area contributed by atoms with Gasteiger partial charge in [-0.15, -0.1) is 35.3 Å². The standard InChI is InChI=1S/C18H26N4OS.HI/c1-4-19-18(22(3)12-10-16-9-7-13-24-16)21-14-15-8-6-11-20-17(15)23-5-2;/h6-9,11,13H,4-5,10,12,14H2,1-3H3,(H,19,21);1H. The van der Waals surface area contributed by atoms with Crippen molar-refractivity contribution in [2.45, 2.75) is 26.8 Å². The molecule has 0 saturated carbocycles. The molecule has 0 saturated heterocycles. The van der Waals surface area contributed by atoms with Crippen LogP contribution in [0, 0.1) is 0 Å². The molecule has 0 aliphatic heterocycles. The molecule has 0 aromatic carbocycles. The number of rotatable bonds is 8. The van der Waals surface area contributed by atoms with E-state index in [1.54, 1.807) is 17.5 Å². The highest BCUT2D eigenvalue weighted by atomic mass is 127. The average Bonchev–Trinajstić information content (AvgIpc) is 3.11. The summed E-state index contributed by atoms with van der Waals surface area (Å²) < 4.78 is 5.57. The van der Waals surface area contributed by atoms with Gasteiger partial charge in [-0.25, -0.2) is 9.98 Å². The first-order valence-corrected chi connectivity index (χ1v) is 9.21. The lowest BCUT2D eigenvalue weighted by Crippen LogP contribution is -2.39. The van der Waals surface area contributed by atoms with Crippen molar-refractivity contribution in [2.75, 3.05) is 26.7 Å². The molecule has 0 aliphatic carbocycles. The van der Waals surface area contributed by atoms with Crippen molar-refractivity contribution in [3.63, 3.8) is 0 Å². The van der Waals surface area contributed by atoms with Gasteiger partial charge >= 0.3 is 0 Å². The average molecular weight is 474 g/mol. The second-order valence-electron chi connectivity index (χ2n) is 5.32. The van der Waals surface area contributed by atoms with E-state index >= 15 is 0 Å². The van der Waals surface area contributed by atoms with E-state index in [-0.39, 0.29) is 24.0 Å². The number of thiophene rings is 1. The Bertz CT molecular complexity index is 634. The Morgan fingerprint density at radius 3 is 2.84 bits per heavy atom. The molecule has 0 bridgehead atoms. The summed E-state index contributed by atoms with van der Waals surface area (Å²) in [5.74, 6) is 1.57. The van der Waals surface area contributed by atoms with Gasteiger partial charge in [-0.05, 0) is 37.8 Å². The summed E-state index contributed by atoms with van der Waals surface area (Å²) >= 11 is 1.80. The van der Waals surface area contributed by atoms with Gasteiger partial charge in [0.05, 0.1) is 13.2 Å². The molecule has 7 heteroatoms. The number of nitrogens with one attached hydrogen (secondary N) is 1. The van der Waals surface area contributed by atoms with Crippen LogP contribution in [0.15, 0.2) is 40.8 Å². The lowest BCUT2D eigenvalue weighted by Gasteiger charge is -2.22. The van der Waals surface area contributed by atoms with E-state index in [4.69, 9.17) is 9.73 Å². The number of halogens is 1. The zero-order chi connectivity index (χ0) is 17.2. The Kier molecular flexibility index (Phi) is 10.5. The monoisotopic (exact) mass is 474 g/mol. The van der Waals surface area contributed by atoms with Gasteiger partial charge in [-0.1, -0.05) is 12.1 Å². The molecule has 0 atom stereocenters. The topological polar surface area (TPSA) is 49.8 Å². The maximum absolute atomic E-state index is 5.57. The highest BCUT2D eigenvalue weighted by Gasteiger charge is 2.08. The molecule has 0 amide bonds. The number of hydrogen-bond donors (Lipinski definition) is 1. The molecule has 0 radical (unpaired) electrons. The van der Waals surface area contributed by atoms with Crippen LogP contribution in [0.3, 0.4) is 0 Å². The van der Waals surface area contributed by atoms with E-state index in [0.29, 0.717) is 19.0 Å². The molecule has 0 spiro atoms. The SMILES string of the molecule is CCNC(=NCc1cccnc1OCC)N(C)CCc1cccs1.I. The van der Waals surface area contributed by atoms with Crippen molar-refractivity contribution in [3.8, 4) is 5.88 Å². The van der Waals surface area contributed by atoms with Crippen LogP contribution < -0.4 is 10.1 Å². The normalized spacial score (nSPS) is 10.9. The van der Waals surface area contributed by atoms with Gasteiger partial charge in [0.2, 0.25) is 5.88 Å². The Balaban J connectivity index is 0.00000312. The maximum atomic E-state index is 5.57. The molecule has 5 nitrogen and oxygen atoms in total. The van der Waals surface area contributed by atoms with Gasteiger partial charge in [0.15, 0.2) is 5.96 Å². The fraction of sp³-hybridized carbons (Fsp3) is 0.444. The fourth-order valence-corrected chi connectivity index (χ4v) is 2.98. The third-order valence-corrected chi connectivity index (χ3v) is 4.44. The molecule has 0 aliphatic rings. The van der Waals surface area contributed by atoms with Crippen LogP contribution in [-0.4, -0.2) is 42.6 Å². The first-order valence-electron chi connectivity index (χ1n) is 8.33. The Morgan fingerprint density at radius 2 is 2.16 bits per heavy atom. The minimum atomic E-state index is 0. The van der Waals surface area contributed by atoms with Gasteiger partial charge in [0.25, 0.3) is 0 Å². The molecule has 1 N–H and O–H groups in total. The minimum absolute atomic E-state index is 0. The summed E-state index contributed by atoms with van der Waals surface area (Å²) in [6.45, 7) is 6.97. The Morgan fingerprint density at radius 1 is 1.32 bits per heavy atom. The smallest absolute Gasteiger partial charge is 0.218 e. The van der Waals surface area contributed by atoms with Crippen molar-refractivity contribution in [1.29, 1.82) is 0 Å². The summed E-state index contributed by atoms with van der Waals surface area (Å²) in [6, 6.07) is 8.20. The van der Waals surface area contributed by atoms with E-state index in [9.17, 15) is 0 Å². The summed E-state index contributed by atoms with van der Waals surface area (Å²) in [7, 11) is 2.07. The molecule has 2 heterocycles. The molecule has 2 aromatic rings. The zero-order valence-electron chi connectivity index (χ0n) is 15.1. The number of aromatic nitrogens is 1. The summed E-state index contributed by atoms with van der Waals surface area (Å²) in [6.07, 6.45) is 2.77. The molecule has 2 aromatic heterocycles. The van der Waals surface area contributed by atoms with Gasteiger partial charge in [0, 0.05) is 36.8 Å². The quantitative estimate of drug-likeness (QED) is 0.359. The van der Waals surface area contributed by atoms with E-state index < -0.39 is 0 Å². The van der Waals surface area contributed by atoms with Crippen molar-refractivity contribution in [1.82, 2.24) is 15.2 Å². The predicted octanol–water partition coefficient (Wildman–Crippen LogP) is 3.80. The van der Waals surface area contributed by atoms with Crippen molar-refractivity contribution in [3.05, 3.63) is 46.3 Å². The van der Waals surface area contributed by atoms with E-state index in [1.165, 1.54) is 4.88 Å². The largest absolute Gasteiger partial charge is 0.478 e. The first-order chi connectivity index (χ1) is 11.7. The number of nitrogens with zero attached hydrogens (tertiary/aromatic N) is 3. The summed E-state index contributed by atoms with van der Waals surface area (Å²) in [5, 5.41) is 5.47. The third-order valence-electron chi connectivity index (χ3n) is 3.50. The van der Waals surface area contributed by atoms with Gasteiger partial charge in [-0.3, -0.25) is 0 Å². The summed E-state index contributed by atoms with van der Waals surface area (Å²) in [4.78, 5) is 12.6. The predicted molar refractivity (Wildman–Crippen MR) is 116 cm³/mol. The summed E-state index contributed by atoms with van der Waals surface area (Å²) in [5.41, 5.74) is 1.00. The second-order valence-corrected chi connectivity index (χ2v) is 6.35. The van der Waals surface area contributed by atoms with Crippen molar-refractivity contribution >= 4 is 41.3 Å². The number of aliphatic imine (C=N–C) groups is 1. The number of hydrogen-bond acceptors (Lipinski definition) is 4.